The predicted octanol–water partition coefficient (Wildman–Crippen LogP) is 7.01. The number of thiophene rings is 2. The zero-order chi connectivity index (χ0) is 26.2. The molecule has 1 N–H and O–H groups in total. The summed E-state index contributed by atoms with van der Waals surface area (Å²) in [6.07, 6.45) is 3.08. The molecule has 0 saturated heterocycles. The fourth-order valence-corrected chi connectivity index (χ4v) is 6.60. The van der Waals surface area contributed by atoms with Crippen LogP contribution in [0.2, 0.25) is 0 Å². The molecule has 0 aliphatic rings. The third kappa shape index (κ3) is 6.49. The maximum Gasteiger partial charge on any atom is 0.341 e. The number of ether oxygens (including phenoxy) is 1. The number of aryl methyl sites for hydroxylation is 1. The molecule has 10 heteroatoms. The maximum atomic E-state index is 13.0. The first kappa shape index (κ1) is 27.1. The van der Waals surface area contributed by atoms with E-state index in [1.54, 1.807) is 18.3 Å². The number of rotatable bonds is 12. The molecule has 3 heterocycles. The van der Waals surface area contributed by atoms with Gasteiger partial charge in [-0.1, -0.05) is 62.4 Å². The summed E-state index contributed by atoms with van der Waals surface area (Å²) in [4.78, 5) is 27.1. The zero-order valence-corrected chi connectivity index (χ0v) is 23.6. The summed E-state index contributed by atoms with van der Waals surface area (Å²) in [5, 5.41) is 16.9. The lowest BCUT2D eigenvalue weighted by molar-refractivity contribution is -0.113. The molecule has 0 bridgehead atoms. The Morgan fingerprint density at radius 2 is 1.84 bits per heavy atom. The van der Waals surface area contributed by atoms with E-state index in [2.05, 4.69) is 45.4 Å². The van der Waals surface area contributed by atoms with E-state index in [-0.39, 0.29) is 18.3 Å². The highest BCUT2D eigenvalue weighted by Gasteiger charge is 2.23. The van der Waals surface area contributed by atoms with Gasteiger partial charge in [0.1, 0.15) is 10.6 Å². The van der Waals surface area contributed by atoms with Gasteiger partial charge in [0.25, 0.3) is 0 Å². The molecular formula is C27H30N4O3S3. The molecule has 37 heavy (non-hydrogen) atoms. The lowest BCUT2D eigenvalue weighted by atomic mass is 10.0. The van der Waals surface area contributed by atoms with Crippen LogP contribution >= 0.6 is 34.4 Å². The van der Waals surface area contributed by atoms with Crippen LogP contribution in [0.25, 0.3) is 22.5 Å². The molecule has 7 nitrogen and oxygen atoms in total. The Labute approximate surface area is 229 Å². The first-order valence-electron chi connectivity index (χ1n) is 12.3. The SMILES string of the molecule is CCCc1cc(-c2nnc(SCC(=O)Nc3scc(-c4ccccc4)c3C(=O)OCC)n2CCC)cs1. The fourth-order valence-electron chi connectivity index (χ4n) is 3.89. The van der Waals surface area contributed by atoms with Crippen molar-refractivity contribution < 1.29 is 14.3 Å². The number of hydrogen-bond donors (Lipinski definition) is 1. The molecule has 1 aromatic carbocycles. The van der Waals surface area contributed by atoms with Crippen molar-refractivity contribution in [3.05, 3.63) is 57.6 Å². The number of benzene rings is 1. The lowest BCUT2D eigenvalue weighted by Gasteiger charge is -2.10. The minimum atomic E-state index is -0.448. The van der Waals surface area contributed by atoms with Crippen molar-refractivity contribution in [2.45, 2.75) is 51.7 Å². The summed E-state index contributed by atoms with van der Waals surface area (Å²) < 4.78 is 7.38. The number of carbonyl (C=O) groups is 2. The van der Waals surface area contributed by atoms with E-state index in [0.717, 1.165) is 48.3 Å². The first-order valence-corrected chi connectivity index (χ1v) is 15.1. The predicted molar refractivity (Wildman–Crippen MR) is 153 cm³/mol. The van der Waals surface area contributed by atoms with Crippen LogP contribution in [-0.2, 0) is 22.5 Å². The summed E-state index contributed by atoms with van der Waals surface area (Å²) in [5.74, 6) is 0.313. The Morgan fingerprint density at radius 3 is 2.57 bits per heavy atom. The van der Waals surface area contributed by atoms with Crippen molar-refractivity contribution in [1.82, 2.24) is 14.8 Å². The number of carbonyl (C=O) groups excluding carboxylic acids is 2. The minimum Gasteiger partial charge on any atom is -0.462 e. The second-order valence-corrected chi connectivity index (χ2v) is 11.1. The summed E-state index contributed by atoms with van der Waals surface area (Å²) in [6, 6.07) is 11.8. The number of amides is 1. The molecule has 0 unspecified atom stereocenters. The molecule has 194 valence electrons. The van der Waals surface area contributed by atoms with E-state index in [1.807, 2.05) is 35.7 Å². The standard InChI is InChI=1S/C27H30N4O3S3/c1-4-10-20-14-19(15-35-20)24-29-30-27(31(24)13-5-2)37-17-22(32)28-25-23(26(33)34-6-3)21(16-36-25)18-11-8-7-9-12-18/h7-9,11-12,14-16H,4-6,10,13,17H2,1-3H3,(H,28,32). The largest absolute Gasteiger partial charge is 0.462 e. The number of anilines is 1. The Morgan fingerprint density at radius 1 is 1.03 bits per heavy atom. The van der Waals surface area contributed by atoms with Gasteiger partial charge >= 0.3 is 5.97 Å². The van der Waals surface area contributed by atoms with Gasteiger partial charge in [-0.2, -0.15) is 0 Å². The van der Waals surface area contributed by atoms with Crippen molar-refractivity contribution in [2.24, 2.45) is 0 Å². The average molecular weight is 555 g/mol. The van der Waals surface area contributed by atoms with Crippen molar-refractivity contribution in [3.8, 4) is 22.5 Å². The highest BCUT2D eigenvalue weighted by Crippen LogP contribution is 2.36. The second kappa shape index (κ2) is 13.0. The van der Waals surface area contributed by atoms with Crippen LogP contribution in [0.1, 0.15) is 48.8 Å². The molecule has 0 spiro atoms. The molecule has 4 rings (SSSR count). The van der Waals surface area contributed by atoms with Gasteiger partial charge in [0, 0.05) is 33.3 Å². The van der Waals surface area contributed by atoms with Crippen molar-refractivity contribution in [2.75, 3.05) is 17.7 Å². The van der Waals surface area contributed by atoms with E-state index < -0.39 is 5.97 Å². The van der Waals surface area contributed by atoms with E-state index in [9.17, 15) is 9.59 Å². The van der Waals surface area contributed by atoms with Crippen LogP contribution in [0.5, 0.6) is 0 Å². The van der Waals surface area contributed by atoms with Gasteiger partial charge in [-0.3, -0.25) is 4.79 Å². The summed E-state index contributed by atoms with van der Waals surface area (Å²) >= 11 is 4.41. The smallest absolute Gasteiger partial charge is 0.341 e. The number of nitrogens with zero attached hydrogens (tertiary/aromatic N) is 3. The summed E-state index contributed by atoms with van der Waals surface area (Å²) in [6.45, 7) is 7.07. The highest BCUT2D eigenvalue weighted by atomic mass is 32.2. The Balaban J connectivity index is 1.50. The first-order chi connectivity index (χ1) is 18.0. The number of nitrogens with one attached hydrogen (secondary N) is 1. The van der Waals surface area contributed by atoms with E-state index in [4.69, 9.17) is 4.74 Å². The normalized spacial score (nSPS) is 11.0. The van der Waals surface area contributed by atoms with E-state index in [0.29, 0.717) is 15.7 Å². The third-order valence-corrected chi connectivity index (χ3v) is 8.37. The topological polar surface area (TPSA) is 86.1 Å². The molecule has 3 aromatic heterocycles. The highest BCUT2D eigenvalue weighted by molar-refractivity contribution is 7.99. The Bertz CT molecular complexity index is 1340. The minimum absolute atomic E-state index is 0.146. The monoisotopic (exact) mass is 554 g/mol. The maximum absolute atomic E-state index is 13.0. The van der Waals surface area contributed by atoms with Crippen molar-refractivity contribution in [1.29, 1.82) is 0 Å². The van der Waals surface area contributed by atoms with E-state index >= 15 is 0 Å². The van der Waals surface area contributed by atoms with Gasteiger partial charge in [-0.05, 0) is 31.4 Å². The van der Waals surface area contributed by atoms with Crippen LogP contribution in [0, 0.1) is 0 Å². The molecule has 0 aliphatic carbocycles. The zero-order valence-electron chi connectivity index (χ0n) is 21.2. The fraction of sp³-hybridized carbons (Fsp3) is 0.333. The van der Waals surface area contributed by atoms with Crippen LogP contribution in [0.4, 0.5) is 5.00 Å². The van der Waals surface area contributed by atoms with Gasteiger partial charge < -0.3 is 14.6 Å². The molecule has 0 radical (unpaired) electrons. The van der Waals surface area contributed by atoms with Gasteiger partial charge in [-0.15, -0.1) is 32.9 Å². The van der Waals surface area contributed by atoms with Gasteiger partial charge in [0.2, 0.25) is 5.91 Å². The number of thioether (sulfide) groups is 1. The quantitative estimate of drug-likeness (QED) is 0.150. The molecule has 1 amide bonds. The van der Waals surface area contributed by atoms with Crippen LogP contribution < -0.4 is 5.32 Å². The molecular weight excluding hydrogens is 525 g/mol. The van der Waals surface area contributed by atoms with Crippen LogP contribution in [-0.4, -0.2) is 39.0 Å². The lowest BCUT2D eigenvalue weighted by Crippen LogP contribution is -2.17. The summed E-state index contributed by atoms with van der Waals surface area (Å²) in [7, 11) is 0. The van der Waals surface area contributed by atoms with Crippen molar-refractivity contribution in [3.63, 3.8) is 0 Å². The van der Waals surface area contributed by atoms with Crippen LogP contribution in [0.15, 0.2) is 52.3 Å². The molecule has 0 atom stereocenters. The number of esters is 1. The third-order valence-electron chi connectivity index (χ3n) is 5.51. The number of aromatic nitrogens is 3. The molecule has 4 aromatic rings. The van der Waals surface area contributed by atoms with Gasteiger partial charge in [-0.25, -0.2) is 4.79 Å². The Hall–Kier alpha value is -2.95. The number of hydrogen-bond acceptors (Lipinski definition) is 8. The molecule has 0 saturated carbocycles. The molecule has 0 fully saturated rings. The van der Waals surface area contributed by atoms with E-state index in [1.165, 1.54) is 28.0 Å². The van der Waals surface area contributed by atoms with Gasteiger partial charge in [0.15, 0.2) is 11.0 Å². The second-order valence-electron chi connectivity index (χ2n) is 8.29. The average Bonchev–Trinajstić information content (AvgIpc) is 3.63. The molecule has 0 aliphatic heterocycles. The van der Waals surface area contributed by atoms with Gasteiger partial charge in [0.05, 0.1) is 12.4 Å². The van der Waals surface area contributed by atoms with Crippen molar-refractivity contribution >= 4 is 51.3 Å². The summed E-state index contributed by atoms with van der Waals surface area (Å²) in [5.41, 5.74) is 3.09. The van der Waals surface area contributed by atoms with Crippen LogP contribution in [0.3, 0.4) is 0 Å². The Kier molecular flexibility index (Phi) is 9.54.